The SMILES string of the molecule is Cc1ccc(C(N)C2(CO)COC2)c(C)c1. The average Bonchev–Trinajstić information content (AvgIpc) is 2.16. The highest BCUT2D eigenvalue weighted by Gasteiger charge is 2.44. The van der Waals surface area contributed by atoms with Crippen LogP contribution in [0.1, 0.15) is 22.7 Å². The molecule has 0 aliphatic carbocycles. The fraction of sp³-hybridized carbons (Fsp3) is 0.538. The van der Waals surface area contributed by atoms with Crippen LogP contribution in [0.3, 0.4) is 0 Å². The first kappa shape index (κ1) is 11.6. The first-order valence-corrected chi connectivity index (χ1v) is 5.60. The van der Waals surface area contributed by atoms with Gasteiger partial charge < -0.3 is 15.6 Å². The van der Waals surface area contributed by atoms with E-state index in [1.807, 2.05) is 0 Å². The monoisotopic (exact) mass is 221 g/mol. The Labute approximate surface area is 96.2 Å². The Hall–Kier alpha value is -0.900. The second-order valence-corrected chi connectivity index (χ2v) is 4.85. The van der Waals surface area contributed by atoms with Gasteiger partial charge in [-0.1, -0.05) is 23.8 Å². The van der Waals surface area contributed by atoms with Crippen molar-refractivity contribution in [2.24, 2.45) is 11.1 Å². The van der Waals surface area contributed by atoms with Crippen LogP contribution in [0.4, 0.5) is 0 Å². The van der Waals surface area contributed by atoms with Gasteiger partial charge in [0.05, 0.1) is 25.2 Å². The first-order valence-electron chi connectivity index (χ1n) is 5.60. The third kappa shape index (κ3) is 1.75. The molecule has 3 N–H and O–H groups in total. The molecule has 0 amide bonds. The van der Waals surface area contributed by atoms with Crippen molar-refractivity contribution in [1.29, 1.82) is 0 Å². The maximum absolute atomic E-state index is 9.45. The summed E-state index contributed by atoms with van der Waals surface area (Å²) in [6.45, 7) is 5.32. The minimum atomic E-state index is -0.278. The molecule has 1 aliphatic heterocycles. The number of hydrogen-bond donors (Lipinski definition) is 2. The summed E-state index contributed by atoms with van der Waals surface area (Å²) >= 11 is 0. The van der Waals surface area contributed by atoms with Gasteiger partial charge in [-0.2, -0.15) is 0 Å². The molecule has 3 nitrogen and oxygen atoms in total. The fourth-order valence-electron chi connectivity index (χ4n) is 2.24. The van der Waals surface area contributed by atoms with Crippen LogP contribution in [0.15, 0.2) is 18.2 Å². The average molecular weight is 221 g/mol. The Morgan fingerprint density at radius 2 is 2.12 bits per heavy atom. The lowest BCUT2D eigenvalue weighted by molar-refractivity contribution is -0.150. The number of benzene rings is 1. The summed E-state index contributed by atoms with van der Waals surface area (Å²) in [5, 5.41) is 9.45. The lowest BCUT2D eigenvalue weighted by atomic mass is 9.75. The van der Waals surface area contributed by atoms with Crippen LogP contribution >= 0.6 is 0 Å². The molecule has 0 bridgehead atoms. The van der Waals surface area contributed by atoms with Crippen molar-refractivity contribution in [3.63, 3.8) is 0 Å². The van der Waals surface area contributed by atoms with Crippen molar-refractivity contribution in [3.05, 3.63) is 34.9 Å². The second-order valence-electron chi connectivity index (χ2n) is 4.85. The molecule has 1 fully saturated rings. The van der Waals surface area contributed by atoms with E-state index in [1.54, 1.807) is 0 Å². The molecular formula is C13H19NO2. The van der Waals surface area contributed by atoms with E-state index in [9.17, 15) is 5.11 Å². The Kier molecular flexibility index (Phi) is 3.02. The highest BCUT2D eigenvalue weighted by atomic mass is 16.5. The molecule has 3 heteroatoms. The number of hydrogen-bond acceptors (Lipinski definition) is 3. The maximum atomic E-state index is 9.45. The van der Waals surface area contributed by atoms with E-state index in [1.165, 1.54) is 11.1 Å². The number of aryl methyl sites for hydroxylation is 2. The summed E-state index contributed by atoms with van der Waals surface area (Å²) in [5.74, 6) is 0. The molecule has 1 atom stereocenters. The zero-order valence-electron chi connectivity index (χ0n) is 9.86. The Morgan fingerprint density at radius 3 is 2.56 bits per heavy atom. The van der Waals surface area contributed by atoms with Gasteiger partial charge in [0, 0.05) is 6.04 Å². The van der Waals surface area contributed by atoms with E-state index in [2.05, 4.69) is 32.0 Å². The molecule has 0 saturated carbocycles. The molecule has 88 valence electrons. The zero-order chi connectivity index (χ0) is 11.8. The molecule has 0 aromatic heterocycles. The molecule has 1 aromatic carbocycles. The van der Waals surface area contributed by atoms with E-state index in [0.29, 0.717) is 13.2 Å². The number of rotatable bonds is 3. The van der Waals surface area contributed by atoms with Gasteiger partial charge in [-0.15, -0.1) is 0 Å². The molecule has 1 unspecified atom stereocenters. The summed E-state index contributed by atoms with van der Waals surface area (Å²) in [7, 11) is 0. The second kappa shape index (κ2) is 4.17. The Bertz CT molecular complexity index is 380. The van der Waals surface area contributed by atoms with Gasteiger partial charge in [0.1, 0.15) is 0 Å². The summed E-state index contributed by atoms with van der Waals surface area (Å²) in [5.41, 5.74) is 9.51. The van der Waals surface area contributed by atoms with E-state index >= 15 is 0 Å². The topological polar surface area (TPSA) is 55.5 Å². The summed E-state index contributed by atoms with van der Waals surface area (Å²) < 4.78 is 5.20. The molecule has 1 aromatic rings. The first-order chi connectivity index (χ1) is 7.59. The number of nitrogens with two attached hydrogens (primary N) is 1. The van der Waals surface area contributed by atoms with Gasteiger partial charge in [-0.05, 0) is 25.0 Å². The van der Waals surface area contributed by atoms with Crippen molar-refractivity contribution in [2.75, 3.05) is 19.8 Å². The third-order valence-corrected chi connectivity index (χ3v) is 3.51. The van der Waals surface area contributed by atoms with Crippen molar-refractivity contribution < 1.29 is 9.84 Å². The lowest BCUT2D eigenvalue weighted by Crippen LogP contribution is -2.53. The van der Waals surface area contributed by atoms with Crippen LogP contribution in [0, 0.1) is 19.3 Å². The van der Waals surface area contributed by atoms with Gasteiger partial charge in [0.2, 0.25) is 0 Å². The van der Waals surface area contributed by atoms with Gasteiger partial charge in [-0.25, -0.2) is 0 Å². The van der Waals surface area contributed by atoms with Crippen molar-refractivity contribution >= 4 is 0 Å². The van der Waals surface area contributed by atoms with Crippen LogP contribution < -0.4 is 5.73 Å². The van der Waals surface area contributed by atoms with E-state index in [0.717, 1.165) is 5.56 Å². The minimum absolute atomic E-state index is 0.0848. The van der Waals surface area contributed by atoms with Gasteiger partial charge in [0.25, 0.3) is 0 Å². The number of aliphatic hydroxyl groups is 1. The highest BCUT2D eigenvalue weighted by Crippen LogP contribution is 2.39. The number of ether oxygens (including phenoxy) is 1. The maximum Gasteiger partial charge on any atom is 0.0594 e. The molecule has 1 aliphatic rings. The smallest absolute Gasteiger partial charge is 0.0594 e. The number of aliphatic hydroxyl groups excluding tert-OH is 1. The van der Waals surface area contributed by atoms with E-state index < -0.39 is 0 Å². The predicted molar refractivity (Wildman–Crippen MR) is 63.2 cm³/mol. The molecule has 1 heterocycles. The minimum Gasteiger partial charge on any atom is -0.396 e. The van der Waals surface area contributed by atoms with Crippen molar-refractivity contribution in [3.8, 4) is 0 Å². The zero-order valence-corrected chi connectivity index (χ0v) is 9.86. The third-order valence-electron chi connectivity index (χ3n) is 3.51. The van der Waals surface area contributed by atoms with Gasteiger partial charge in [-0.3, -0.25) is 0 Å². The van der Waals surface area contributed by atoms with Crippen molar-refractivity contribution in [1.82, 2.24) is 0 Å². The molecule has 16 heavy (non-hydrogen) atoms. The molecular weight excluding hydrogens is 202 g/mol. The fourth-order valence-corrected chi connectivity index (χ4v) is 2.24. The van der Waals surface area contributed by atoms with Crippen molar-refractivity contribution in [2.45, 2.75) is 19.9 Å². The Morgan fingerprint density at radius 1 is 1.44 bits per heavy atom. The van der Waals surface area contributed by atoms with Crippen LogP contribution in [0.5, 0.6) is 0 Å². The van der Waals surface area contributed by atoms with Crippen LogP contribution in [0.25, 0.3) is 0 Å². The van der Waals surface area contributed by atoms with E-state index in [4.69, 9.17) is 10.5 Å². The molecule has 0 spiro atoms. The predicted octanol–water partition coefficient (Wildman–Crippen LogP) is 1.31. The summed E-state index contributed by atoms with van der Waals surface area (Å²) in [6, 6.07) is 6.10. The standard InChI is InChI=1S/C13H19NO2/c1-9-3-4-11(10(2)5-9)12(14)13(6-15)7-16-8-13/h3-5,12,15H,6-8,14H2,1-2H3. The largest absolute Gasteiger partial charge is 0.396 e. The van der Waals surface area contributed by atoms with Crippen LogP contribution in [-0.2, 0) is 4.74 Å². The summed E-state index contributed by atoms with van der Waals surface area (Å²) in [4.78, 5) is 0. The lowest BCUT2D eigenvalue weighted by Gasteiger charge is -2.44. The quantitative estimate of drug-likeness (QED) is 0.809. The van der Waals surface area contributed by atoms with Gasteiger partial charge in [0.15, 0.2) is 0 Å². The van der Waals surface area contributed by atoms with Crippen LogP contribution in [-0.4, -0.2) is 24.9 Å². The van der Waals surface area contributed by atoms with Gasteiger partial charge >= 0.3 is 0 Å². The molecule has 2 rings (SSSR count). The highest BCUT2D eigenvalue weighted by molar-refractivity contribution is 5.34. The van der Waals surface area contributed by atoms with Crippen LogP contribution in [0.2, 0.25) is 0 Å². The summed E-state index contributed by atoms with van der Waals surface area (Å²) in [6.07, 6.45) is 0. The Balaban J connectivity index is 2.29. The van der Waals surface area contributed by atoms with E-state index in [-0.39, 0.29) is 18.1 Å². The molecule has 0 radical (unpaired) electrons. The normalized spacial score (nSPS) is 20.2. The molecule has 1 saturated heterocycles.